The maximum Gasteiger partial charge on any atom is 0.257 e. The molecule has 1 amide bonds. The second-order valence-corrected chi connectivity index (χ2v) is 4.06. The summed E-state index contributed by atoms with van der Waals surface area (Å²) < 4.78 is 13.0. The Morgan fingerprint density at radius 2 is 2.16 bits per heavy atom. The number of carbonyl (C=O) groups excluding carboxylic acids is 1. The number of nitriles is 1. The van der Waals surface area contributed by atoms with Crippen LogP contribution in [0, 0.1) is 17.1 Å². The largest absolute Gasteiger partial charge is 0.321 e. The van der Waals surface area contributed by atoms with Crippen molar-refractivity contribution in [2.45, 2.75) is 0 Å². The first kappa shape index (κ1) is 13.0. The van der Waals surface area contributed by atoms with E-state index in [9.17, 15) is 9.18 Å². The highest BCUT2D eigenvalue weighted by Crippen LogP contribution is 2.23. The molecular formula is C13H7ClFN3O. The zero-order chi connectivity index (χ0) is 13.8. The highest BCUT2D eigenvalue weighted by atomic mass is 35.5. The smallest absolute Gasteiger partial charge is 0.257 e. The normalized spacial score (nSPS) is 9.74. The first-order valence-corrected chi connectivity index (χ1v) is 5.59. The van der Waals surface area contributed by atoms with Gasteiger partial charge in [0.2, 0.25) is 0 Å². The lowest BCUT2D eigenvalue weighted by Gasteiger charge is -2.07. The minimum absolute atomic E-state index is 0.0680. The monoisotopic (exact) mass is 275 g/mol. The van der Waals surface area contributed by atoms with E-state index in [2.05, 4.69) is 10.3 Å². The fraction of sp³-hybridized carbons (Fsp3) is 0. The lowest BCUT2D eigenvalue weighted by atomic mass is 10.2. The topological polar surface area (TPSA) is 65.8 Å². The number of rotatable bonds is 2. The number of halogens is 2. The summed E-state index contributed by atoms with van der Waals surface area (Å²) in [4.78, 5) is 15.4. The molecule has 0 saturated carbocycles. The fourth-order valence-electron chi connectivity index (χ4n) is 1.42. The van der Waals surface area contributed by atoms with Gasteiger partial charge in [-0.25, -0.2) is 4.39 Å². The average Bonchev–Trinajstić information content (AvgIpc) is 2.41. The van der Waals surface area contributed by atoms with Gasteiger partial charge < -0.3 is 5.32 Å². The van der Waals surface area contributed by atoms with Crippen molar-refractivity contribution in [3.63, 3.8) is 0 Å². The number of amides is 1. The van der Waals surface area contributed by atoms with Crippen LogP contribution in [0.25, 0.3) is 0 Å². The van der Waals surface area contributed by atoms with Crippen LogP contribution in [0.15, 0.2) is 36.7 Å². The standard InChI is InChI=1S/C13H7ClFN3O/c14-11-2-1-8(5-16)3-12(11)18-13(19)9-4-10(15)7-17-6-9/h1-4,6-7H,(H,18,19). The molecule has 4 nitrogen and oxygen atoms in total. The van der Waals surface area contributed by atoms with Gasteiger partial charge in [-0.2, -0.15) is 5.26 Å². The molecular weight excluding hydrogens is 269 g/mol. The molecule has 6 heteroatoms. The first-order chi connectivity index (χ1) is 9.10. The Labute approximate surface area is 113 Å². The van der Waals surface area contributed by atoms with Crippen LogP contribution in [0.5, 0.6) is 0 Å². The van der Waals surface area contributed by atoms with Gasteiger partial charge in [-0.15, -0.1) is 0 Å². The van der Waals surface area contributed by atoms with Crippen molar-refractivity contribution in [2.24, 2.45) is 0 Å². The third-order valence-electron chi connectivity index (χ3n) is 2.31. The van der Waals surface area contributed by atoms with E-state index in [-0.39, 0.29) is 16.3 Å². The van der Waals surface area contributed by atoms with Gasteiger partial charge in [-0.1, -0.05) is 11.6 Å². The number of aromatic nitrogens is 1. The molecule has 0 radical (unpaired) electrons. The molecule has 0 saturated heterocycles. The van der Waals surface area contributed by atoms with Crippen molar-refractivity contribution >= 4 is 23.2 Å². The number of nitrogens with zero attached hydrogens (tertiary/aromatic N) is 2. The van der Waals surface area contributed by atoms with Crippen molar-refractivity contribution < 1.29 is 9.18 Å². The molecule has 1 N–H and O–H groups in total. The summed E-state index contributed by atoms with van der Waals surface area (Å²) in [6, 6.07) is 7.46. The average molecular weight is 276 g/mol. The van der Waals surface area contributed by atoms with Crippen LogP contribution < -0.4 is 5.32 Å². The number of carbonyl (C=O) groups is 1. The van der Waals surface area contributed by atoms with Gasteiger partial charge in [0.25, 0.3) is 5.91 Å². The molecule has 0 bridgehead atoms. The van der Waals surface area contributed by atoms with E-state index in [0.717, 1.165) is 12.3 Å². The molecule has 0 aliphatic carbocycles. The number of benzene rings is 1. The van der Waals surface area contributed by atoms with Crippen LogP contribution in [0.1, 0.15) is 15.9 Å². The van der Waals surface area contributed by atoms with Crippen molar-refractivity contribution in [2.75, 3.05) is 5.32 Å². The molecule has 0 aliphatic rings. The van der Waals surface area contributed by atoms with E-state index in [0.29, 0.717) is 5.56 Å². The maximum atomic E-state index is 13.0. The van der Waals surface area contributed by atoms with Crippen molar-refractivity contribution in [1.29, 1.82) is 5.26 Å². The first-order valence-electron chi connectivity index (χ1n) is 5.21. The Kier molecular flexibility index (Phi) is 3.74. The summed E-state index contributed by atoms with van der Waals surface area (Å²) in [5, 5.41) is 11.6. The zero-order valence-electron chi connectivity index (χ0n) is 9.52. The molecule has 19 heavy (non-hydrogen) atoms. The number of nitrogens with one attached hydrogen (secondary N) is 1. The van der Waals surface area contributed by atoms with Gasteiger partial charge in [-0.05, 0) is 24.3 Å². The SMILES string of the molecule is N#Cc1ccc(Cl)c(NC(=O)c2cncc(F)c2)c1. The lowest BCUT2D eigenvalue weighted by Crippen LogP contribution is -2.13. The Hall–Kier alpha value is -2.45. The van der Waals surface area contributed by atoms with Gasteiger partial charge in [0, 0.05) is 6.20 Å². The van der Waals surface area contributed by atoms with E-state index in [4.69, 9.17) is 16.9 Å². The Morgan fingerprint density at radius 3 is 2.84 bits per heavy atom. The highest BCUT2D eigenvalue weighted by Gasteiger charge is 2.10. The van der Waals surface area contributed by atoms with Crippen molar-refractivity contribution in [1.82, 2.24) is 4.98 Å². The second-order valence-electron chi connectivity index (χ2n) is 3.65. The molecule has 0 unspecified atom stereocenters. The Bertz CT molecular complexity index is 682. The van der Waals surface area contributed by atoms with Crippen LogP contribution in [0.2, 0.25) is 5.02 Å². The van der Waals surface area contributed by atoms with Gasteiger partial charge in [0.15, 0.2) is 0 Å². The molecule has 2 aromatic rings. The highest BCUT2D eigenvalue weighted by molar-refractivity contribution is 6.34. The van der Waals surface area contributed by atoms with E-state index in [1.165, 1.54) is 24.4 Å². The van der Waals surface area contributed by atoms with Gasteiger partial charge in [0.1, 0.15) is 5.82 Å². The number of pyridine rings is 1. The fourth-order valence-corrected chi connectivity index (χ4v) is 1.59. The lowest BCUT2D eigenvalue weighted by molar-refractivity contribution is 0.102. The predicted molar refractivity (Wildman–Crippen MR) is 68.3 cm³/mol. The van der Waals surface area contributed by atoms with Crippen LogP contribution in [-0.2, 0) is 0 Å². The predicted octanol–water partition coefficient (Wildman–Crippen LogP) is 3.00. The van der Waals surface area contributed by atoms with Gasteiger partial charge in [0.05, 0.1) is 34.1 Å². The molecule has 1 aromatic carbocycles. The molecule has 0 atom stereocenters. The summed E-state index contributed by atoms with van der Waals surface area (Å²) in [5.74, 6) is -1.16. The molecule has 94 valence electrons. The summed E-state index contributed by atoms with van der Waals surface area (Å²) in [5.41, 5.74) is 0.713. The molecule has 0 fully saturated rings. The van der Waals surface area contributed by atoms with Crippen molar-refractivity contribution in [3.8, 4) is 6.07 Å². The second kappa shape index (κ2) is 5.46. The van der Waals surface area contributed by atoms with Gasteiger partial charge >= 0.3 is 0 Å². The quantitative estimate of drug-likeness (QED) is 0.916. The summed E-state index contributed by atoms with van der Waals surface area (Å²) in [6.45, 7) is 0. The molecule has 1 aromatic heterocycles. The van der Waals surface area contributed by atoms with Crippen molar-refractivity contribution in [3.05, 3.63) is 58.6 Å². The summed E-state index contributed by atoms with van der Waals surface area (Å²) >= 11 is 5.90. The molecule has 0 aliphatic heterocycles. The van der Waals surface area contributed by atoms with E-state index >= 15 is 0 Å². The maximum absolute atomic E-state index is 13.0. The minimum Gasteiger partial charge on any atom is -0.321 e. The Morgan fingerprint density at radius 1 is 1.37 bits per heavy atom. The summed E-state index contributed by atoms with van der Waals surface area (Å²) in [6.07, 6.45) is 2.24. The minimum atomic E-state index is -0.607. The van der Waals surface area contributed by atoms with Crippen LogP contribution in [-0.4, -0.2) is 10.9 Å². The third-order valence-corrected chi connectivity index (χ3v) is 2.64. The van der Waals surface area contributed by atoms with Gasteiger partial charge in [-0.3, -0.25) is 9.78 Å². The number of hydrogen-bond donors (Lipinski definition) is 1. The van der Waals surface area contributed by atoms with Crippen LogP contribution in [0.3, 0.4) is 0 Å². The van der Waals surface area contributed by atoms with E-state index < -0.39 is 11.7 Å². The zero-order valence-corrected chi connectivity index (χ0v) is 10.3. The van der Waals surface area contributed by atoms with E-state index in [1.54, 1.807) is 0 Å². The number of anilines is 1. The van der Waals surface area contributed by atoms with Crippen LogP contribution >= 0.6 is 11.6 Å². The number of hydrogen-bond acceptors (Lipinski definition) is 3. The molecule has 0 spiro atoms. The summed E-state index contributed by atoms with van der Waals surface area (Å²) in [7, 11) is 0. The molecule has 1 heterocycles. The van der Waals surface area contributed by atoms with Crippen LogP contribution in [0.4, 0.5) is 10.1 Å². The Balaban J connectivity index is 2.27. The van der Waals surface area contributed by atoms with E-state index in [1.807, 2.05) is 6.07 Å². The molecule has 2 rings (SSSR count). The third kappa shape index (κ3) is 3.06.